The molecule has 3 nitrogen and oxygen atoms in total. The van der Waals surface area contributed by atoms with E-state index >= 15 is 0 Å². The van der Waals surface area contributed by atoms with Crippen LogP contribution in [0.1, 0.15) is 33.4 Å². The first-order valence-electron chi connectivity index (χ1n) is 10.9. The van der Waals surface area contributed by atoms with Crippen LogP contribution < -0.4 is 16.4 Å². The third-order valence-corrected chi connectivity index (χ3v) is 7.94. The quantitative estimate of drug-likeness (QED) is 0.288. The van der Waals surface area contributed by atoms with E-state index in [1.807, 2.05) is 0 Å². The monoisotopic (exact) mass is 630 g/mol. The van der Waals surface area contributed by atoms with Gasteiger partial charge in [0.15, 0.2) is 0 Å². The smallest absolute Gasteiger partial charge is 0.445 e. The van der Waals surface area contributed by atoms with Crippen molar-refractivity contribution in [2.45, 2.75) is 36.8 Å². The zero-order chi connectivity index (χ0) is 23.5. The van der Waals surface area contributed by atoms with Crippen LogP contribution in [0.25, 0.3) is 0 Å². The van der Waals surface area contributed by atoms with Crippen LogP contribution in [0.5, 0.6) is 0 Å². The van der Waals surface area contributed by atoms with E-state index in [9.17, 15) is 0 Å². The lowest BCUT2D eigenvalue weighted by Crippen LogP contribution is -2.63. The SMILES string of the molecule is Cc1cccc(CBr)c1B1OB(c2c(C)cccc2CBr)OB(c2c(C)cccc2CBr)O1. The molecule has 0 atom stereocenters. The molecule has 1 heterocycles. The van der Waals surface area contributed by atoms with E-state index in [2.05, 4.69) is 123 Å². The first kappa shape index (κ1) is 25.3. The highest BCUT2D eigenvalue weighted by molar-refractivity contribution is 9.09. The van der Waals surface area contributed by atoms with Crippen molar-refractivity contribution in [1.82, 2.24) is 0 Å². The second kappa shape index (κ2) is 11.3. The van der Waals surface area contributed by atoms with E-state index < -0.39 is 21.4 Å². The van der Waals surface area contributed by atoms with E-state index in [0.717, 1.165) is 65.8 Å². The van der Waals surface area contributed by atoms with Gasteiger partial charge in [-0.2, -0.15) is 0 Å². The number of rotatable bonds is 6. The van der Waals surface area contributed by atoms with Crippen molar-refractivity contribution in [3.8, 4) is 0 Å². The Morgan fingerprint density at radius 2 is 0.788 bits per heavy atom. The topological polar surface area (TPSA) is 27.7 Å². The molecule has 0 unspecified atom stereocenters. The Balaban J connectivity index is 1.86. The van der Waals surface area contributed by atoms with Gasteiger partial charge in [-0.25, -0.2) is 0 Å². The number of alkyl halides is 3. The maximum atomic E-state index is 6.57. The predicted molar refractivity (Wildman–Crippen MR) is 151 cm³/mol. The van der Waals surface area contributed by atoms with Gasteiger partial charge in [0.05, 0.1) is 0 Å². The molecule has 0 N–H and O–H groups in total. The molecule has 4 rings (SSSR count). The molecule has 168 valence electrons. The summed E-state index contributed by atoms with van der Waals surface area (Å²) >= 11 is 10.9. The fraction of sp³-hybridized carbons (Fsp3) is 0.250. The molecule has 1 saturated heterocycles. The van der Waals surface area contributed by atoms with Crippen molar-refractivity contribution >= 4 is 85.5 Å². The van der Waals surface area contributed by atoms with Gasteiger partial charge in [0, 0.05) is 16.0 Å². The van der Waals surface area contributed by atoms with Gasteiger partial charge in [-0.1, -0.05) is 119 Å². The van der Waals surface area contributed by atoms with Crippen LogP contribution >= 0.6 is 47.8 Å². The van der Waals surface area contributed by atoms with Crippen molar-refractivity contribution in [3.05, 3.63) is 88.0 Å². The van der Waals surface area contributed by atoms with Crippen LogP contribution in [0, 0.1) is 20.8 Å². The molecular weight excluding hydrogens is 608 g/mol. The number of aryl methyl sites for hydroxylation is 3. The minimum absolute atomic E-state index is 0.562. The van der Waals surface area contributed by atoms with E-state index in [-0.39, 0.29) is 0 Å². The fourth-order valence-electron chi connectivity index (χ4n) is 4.43. The van der Waals surface area contributed by atoms with Gasteiger partial charge >= 0.3 is 21.4 Å². The highest BCUT2D eigenvalue weighted by Gasteiger charge is 2.46. The summed E-state index contributed by atoms with van der Waals surface area (Å²) in [6, 6.07) is 18.8. The van der Waals surface area contributed by atoms with Gasteiger partial charge in [-0.3, -0.25) is 0 Å². The zero-order valence-corrected chi connectivity index (χ0v) is 23.7. The molecule has 33 heavy (non-hydrogen) atoms. The minimum atomic E-state index is -0.562. The Hall–Kier alpha value is -0.825. The van der Waals surface area contributed by atoms with Gasteiger partial charge < -0.3 is 13.7 Å². The van der Waals surface area contributed by atoms with Crippen LogP contribution in [0.15, 0.2) is 54.6 Å². The molecule has 0 amide bonds. The number of benzene rings is 3. The molecule has 3 aromatic carbocycles. The molecule has 3 aromatic rings. The summed E-state index contributed by atoms with van der Waals surface area (Å²) in [5.41, 5.74) is 10.00. The molecule has 1 aliphatic heterocycles. The maximum Gasteiger partial charge on any atom is 0.467 e. The molecule has 1 fully saturated rings. The van der Waals surface area contributed by atoms with Crippen LogP contribution in [0.3, 0.4) is 0 Å². The summed E-state index contributed by atoms with van der Waals surface area (Å²) in [6.07, 6.45) is 0. The second-order valence-corrected chi connectivity index (χ2v) is 9.93. The molecule has 0 aromatic heterocycles. The van der Waals surface area contributed by atoms with E-state index in [0.29, 0.717) is 0 Å². The number of halogens is 3. The Kier molecular flexibility index (Phi) is 8.64. The molecule has 0 bridgehead atoms. The summed E-state index contributed by atoms with van der Waals surface area (Å²) in [4.78, 5) is 0. The largest absolute Gasteiger partial charge is 0.467 e. The number of hydrogen-bond acceptors (Lipinski definition) is 3. The standard InChI is InChI=1S/C24H24B3Br3O3/c1-16-7-4-10-19(13-28)22(16)25-31-26(23-17(2)8-5-11-20(23)14-29)33-27(32-25)24-18(3)9-6-12-21(24)15-30/h4-12H,13-15H2,1-3H3. The molecular formula is C24H24B3Br3O3. The van der Waals surface area contributed by atoms with Crippen LogP contribution in [0.4, 0.5) is 0 Å². The molecule has 1 aliphatic rings. The summed E-state index contributed by atoms with van der Waals surface area (Å²) in [5.74, 6) is 0. The number of hydrogen-bond donors (Lipinski definition) is 0. The summed E-state index contributed by atoms with van der Waals surface area (Å²) in [5, 5.41) is 2.16. The van der Waals surface area contributed by atoms with Crippen molar-refractivity contribution < 1.29 is 13.7 Å². The Labute approximate surface area is 222 Å². The molecule has 9 heteroatoms. The summed E-state index contributed by atoms with van der Waals surface area (Å²) in [7, 11) is -1.69. The fourth-order valence-corrected chi connectivity index (χ4v) is 5.89. The predicted octanol–water partition coefficient (Wildman–Crippen LogP) is 4.85. The molecule has 0 spiro atoms. The molecule has 0 radical (unpaired) electrons. The van der Waals surface area contributed by atoms with Gasteiger partial charge in [0.25, 0.3) is 0 Å². The zero-order valence-electron chi connectivity index (χ0n) is 18.9. The van der Waals surface area contributed by atoms with Crippen molar-refractivity contribution in [2.75, 3.05) is 0 Å². The van der Waals surface area contributed by atoms with Gasteiger partial charge in [-0.15, -0.1) is 0 Å². The third-order valence-electron chi connectivity index (χ3n) is 6.12. The van der Waals surface area contributed by atoms with Crippen LogP contribution in [-0.2, 0) is 29.7 Å². The average Bonchev–Trinajstić information content (AvgIpc) is 2.82. The third kappa shape index (κ3) is 5.24. The second-order valence-electron chi connectivity index (χ2n) is 8.25. The average molecular weight is 633 g/mol. The first-order valence-corrected chi connectivity index (χ1v) is 14.2. The van der Waals surface area contributed by atoms with Crippen LogP contribution in [-0.4, -0.2) is 21.4 Å². The van der Waals surface area contributed by atoms with Gasteiger partial charge in [-0.05, 0) is 53.8 Å². The molecule has 0 aliphatic carbocycles. The van der Waals surface area contributed by atoms with E-state index in [1.165, 1.54) is 0 Å². The normalized spacial score (nSPS) is 14.2. The highest BCUT2D eigenvalue weighted by atomic mass is 79.9. The lowest BCUT2D eigenvalue weighted by molar-refractivity contribution is 0.308. The Morgan fingerprint density at radius 3 is 1.03 bits per heavy atom. The van der Waals surface area contributed by atoms with Crippen LogP contribution in [0.2, 0.25) is 0 Å². The van der Waals surface area contributed by atoms with Gasteiger partial charge in [0.1, 0.15) is 0 Å². The first-order chi connectivity index (χ1) is 16.0. The van der Waals surface area contributed by atoms with E-state index in [4.69, 9.17) is 13.7 Å². The Morgan fingerprint density at radius 1 is 0.515 bits per heavy atom. The lowest BCUT2D eigenvalue weighted by Gasteiger charge is -2.35. The van der Waals surface area contributed by atoms with Crippen molar-refractivity contribution in [1.29, 1.82) is 0 Å². The van der Waals surface area contributed by atoms with Crippen molar-refractivity contribution in [3.63, 3.8) is 0 Å². The maximum absolute atomic E-state index is 6.57. The highest BCUT2D eigenvalue weighted by Crippen LogP contribution is 2.19. The lowest BCUT2D eigenvalue weighted by atomic mass is 9.58. The van der Waals surface area contributed by atoms with E-state index in [1.54, 1.807) is 0 Å². The summed E-state index contributed by atoms with van der Waals surface area (Å²) in [6.45, 7) is 6.30. The summed E-state index contributed by atoms with van der Waals surface area (Å²) < 4.78 is 19.7. The molecule has 0 saturated carbocycles. The van der Waals surface area contributed by atoms with Crippen molar-refractivity contribution in [2.24, 2.45) is 0 Å². The minimum Gasteiger partial charge on any atom is -0.445 e. The Bertz CT molecular complexity index is 998. The van der Waals surface area contributed by atoms with Gasteiger partial charge in [0.2, 0.25) is 0 Å².